The van der Waals surface area contributed by atoms with Crippen LogP contribution in [0.25, 0.3) is 0 Å². The first-order chi connectivity index (χ1) is 8.34. The minimum absolute atomic E-state index is 0.305. The van der Waals surface area contributed by atoms with Gasteiger partial charge in [0.05, 0.1) is 11.9 Å². The molecule has 1 fully saturated rings. The normalized spacial score (nSPS) is 19.4. The summed E-state index contributed by atoms with van der Waals surface area (Å²) in [5, 5.41) is 0. The molecule has 0 aliphatic carbocycles. The Balaban J connectivity index is 1.64. The van der Waals surface area contributed by atoms with Crippen LogP contribution >= 0.6 is 11.8 Å². The van der Waals surface area contributed by atoms with Crippen LogP contribution in [0.5, 0.6) is 0 Å². The minimum atomic E-state index is 0.305. The number of rotatable bonds is 6. The topological polar surface area (TPSA) is 26.3 Å². The molecule has 0 radical (unpaired) electrons. The van der Waals surface area contributed by atoms with Crippen molar-refractivity contribution >= 4 is 17.5 Å². The maximum atomic E-state index is 11.7. The molecule has 0 spiro atoms. The van der Waals surface area contributed by atoms with Crippen molar-refractivity contribution in [1.29, 1.82) is 0 Å². The maximum Gasteiger partial charge on any atom is 0.147 e. The van der Waals surface area contributed by atoms with E-state index in [1.54, 1.807) is 11.8 Å². The Labute approximate surface area is 107 Å². The fraction of sp³-hybridized carbons (Fsp3) is 0.500. The van der Waals surface area contributed by atoms with Crippen molar-refractivity contribution in [2.75, 3.05) is 18.1 Å². The van der Waals surface area contributed by atoms with E-state index in [9.17, 15) is 4.79 Å². The lowest BCUT2D eigenvalue weighted by Gasteiger charge is -2.07. The first-order valence-electron chi connectivity index (χ1n) is 6.09. The van der Waals surface area contributed by atoms with E-state index in [1.807, 2.05) is 30.3 Å². The number of ketones is 1. The largest absolute Gasteiger partial charge is 0.377 e. The van der Waals surface area contributed by atoms with Gasteiger partial charge in [-0.15, -0.1) is 0 Å². The average Bonchev–Trinajstić information content (AvgIpc) is 2.83. The predicted octanol–water partition coefficient (Wildman–Crippen LogP) is 2.71. The third-order valence-electron chi connectivity index (χ3n) is 2.83. The summed E-state index contributed by atoms with van der Waals surface area (Å²) in [6.45, 7) is 0.892. The van der Waals surface area contributed by atoms with Gasteiger partial charge in [0.15, 0.2) is 0 Å². The highest BCUT2D eigenvalue weighted by Gasteiger charge is 2.15. The predicted molar refractivity (Wildman–Crippen MR) is 71.5 cm³/mol. The molecule has 2 rings (SSSR count). The average molecular weight is 250 g/mol. The second-order valence-corrected chi connectivity index (χ2v) is 5.38. The second-order valence-electron chi connectivity index (χ2n) is 4.35. The van der Waals surface area contributed by atoms with Crippen molar-refractivity contribution in [3.8, 4) is 0 Å². The van der Waals surface area contributed by atoms with E-state index < -0.39 is 0 Å². The Bertz CT molecular complexity index is 344. The molecule has 1 heterocycles. The molecule has 1 aromatic rings. The van der Waals surface area contributed by atoms with Gasteiger partial charge in [-0.05, 0) is 18.4 Å². The monoisotopic (exact) mass is 250 g/mol. The molecule has 0 amide bonds. The van der Waals surface area contributed by atoms with Crippen molar-refractivity contribution in [1.82, 2.24) is 0 Å². The van der Waals surface area contributed by atoms with Gasteiger partial charge in [-0.1, -0.05) is 30.3 Å². The molecule has 0 bridgehead atoms. The van der Waals surface area contributed by atoms with Gasteiger partial charge in [-0.3, -0.25) is 4.79 Å². The third kappa shape index (κ3) is 4.52. The van der Waals surface area contributed by atoms with Gasteiger partial charge >= 0.3 is 0 Å². The van der Waals surface area contributed by atoms with Crippen LogP contribution in [-0.4, -0.2) is 30.0 Å². The molecule has 0 N–H and O–H groups in total. The van der Waals surface area contributed by atoms with Crippen molar-refractivity contribution in [2.24, 2.45) is 0 Å². The first kappa shape index (κ1) is 12.7. The number of hydrogen-bond acceptors (Lipinski definition) is 3. The molecule has 1 aliphatic rings. The number of ether oxygens (including phenoxy) is 1. The summed E-state index contributed by atoms with van der Waals surface area (Å²) in [6, 6.07) is 9.93. The number of carbonyl (C=O) groups is 1. The highest BCUT2D eigenvalue weighted by Crippen LogP contribution is 2.17. The molecule has 0 aromatic heterocycles. The number of hydrogen-bond donors (Lipinski definition) is 0. The van der Waals surface area contributed by atoms with Gasteiger partial charge in [0.1, 0.15) is 5.78 Å². The van der Waals surface area contributed by atoms with Gasteiger partial charge in [-0.25, -0.2) is 0 Å². The van der Waals surface area contributed by atoms with Crippen LogP contribution in [-0.2, 0) is 16.0 Å². The summed E-state index contributed by atoms with van der Waals surface area (Å²) in [5.74, 6) is 1.87. The minimum Gasteiger partial charge on any atom is -0.377 e. The van der Waals surface area contributed by atoms with E-state index in [2.05, 4.69) is 0 Å². The zero-order valence-corrected chi connectivity index (χ0v) is 10.7. The highest BCUT2D eigenvalue weighted by molar-refractivity contribution is 8.00. The Hall–Kier alpha value is -0.800. The van der Waals surface area contributed by atoms with Crippen LogP contribution < -0.4 is 0 Å². The quantitative estimate of drug-likeness (QED) is 0.776. The summed E-state index contributed by atoms with van der Waals surface area (Å²) >= 11 is 1.70. The fourth-order valence-electron chi connectivity index (χ4n) is 1.95. The van der Waals surface area contributed by atoms with Crippen LogP contribution in [0.4, 0.5) is 0 Å². The maximum absolute atomic E-state index is 11.7. The SMILES string of the molecule is O=C(CSCC1CCCO1)Cc1ccccc1. The van der Waals surface area contributed by atoms with E-state index in [-0.39, 0.29) is 0 Å². The zero-order valence-electron chi connectivity index (χ0n) is 9.93. The lowest BCUT2D eigenvalue weighted by molar-refractivity contribution is -0.116. The van der Waals surface area contributed by atoms with Crippen LogP contribution in [0.1, 0.15) is 18.4 Å². The summed E-state index contributed by atoms with van der Waals surface area (Å²) in [7, 11) is 0. The Morgan fingerprint density at radius 3 is 2.88 bits per heavy atom. The number of thioether (sulfide) groups is 1. The van der Waals surface area contributed by atoms with Crippen LogP contribution in [0, 0.1) is 0 Å². The summed E-state index contributed by atoms with van der Waals surface area (Å²) in [5.41, 5.74) is 1.11. The van der Waals surface area contributed by atoms with E-state index in [0.29, 0.717) is 24.1 Å². The molecule has 1 saturated heterocycles. The highest BCUT2D eigenvalue weighted by atomic mass is 32.2. The molecule has 92 valence electrons. The third-order valence-corrected chi connectivity index (χ3v) is 3.97. The lowest BCUT2D eigenvalue weighted by atomic mass is 10.1. The van der Waals surface area contributed by atoms with Crippen molar-refractivity contribution in [3.63, 3.8) is 0 Å². The van der Waals surface area contributed by atoms with Crippen LogP contribution in [0.3, 0.4) is 0 Å². The Kier molecular flexibility index (Phi) is 5.08. The van der Waals surface area contributed by atoms with Crippen molar-refractivity contribution in [3.05, 3.63) is 35.9 Å². The number of Topliss-reactive ketones (excluding diaryl/α,β-unsaturated/α-hetero) is 1. The molecule has 1 aliphatic heterocycles. The van der Waals surface area contributed by atoms with Crippen molar-refractivity contribution < 1.29 is 9.53 Å². The number of carbonyl (C=O) groups excluding carboxylic acids is 1. The second kappa shape index (κ2) is 6.82. The molecule has 1 unspecified atom stereocenters. The molecule has 0 saturated carbocycles. The molecule has 3 heteroatoms. The van der Waals surface area contributed by atoms with Crippen LogP contribution in [0.15, 0.2) is 30.3 Å². The molecule has 17 heavy (non-hydrogen) atoms. The summed E-state index contributed by atoms with van der Waals surface area (Å²) in [6.07, 6.45) is 3.26. The lowest BCUT2D eigenvalue weighted by Crippen LogP contribution is -2.12. The van der Waals surface area contributed by atoms with Gasteiger partial charge in [0.25, 0.3) is 0 Å². The molecule has 1 atom stereocenters. The standard InChI is InChI=1S/C14H18O2S/c15-13(9-12-5-2-1-3-6-12)10-17-11-14-7-4-8-16-14/h1-3,5-6,14H,4,7-11H2. The fourth-order valence-corrected chi connectivity index (χ4v) is 2.93. The first-order valence-corrected chi connectivity index (χ1v) is 7.25. The summed E-state index contributed by atoms with van der Waals surface area (Å²) in [4.78, 5) is 11.7. The van der Waals surface area contributed by atoms with Gasteiger partial charge in [-0.2, -0.15) is 11.8 Å². The van der Waals surface area contributed by atoms with Crippen molar-refractivity contribution in [2.45, 2.75) is 25.4 Å². The molecule has 1 aromatic carbocycles. The Morgan fingerprint density at radius 1 is 1.35 bits per heavy atom. The molecular formula is C14H18O2S. The Morgan fingerprint density at radius 2 is 2.18 bits per heavy atom. The number of benzene rings is 1. The molecule has 2 nitrogen and oxygen atoms in total. The van der Waals surface area contributed by atoms with E-state index in [0.717, 1.165) is 24.3 Å². The van der Waals surface area contributed by atoms with Gasteiger partial charge < -0.3 is 4.74 Å². The van der Waals surface area contributed by atoms with E-state index in [1.165, 1.54) is 6.42 Å². The van der Waals surface area contributed by atoms with Gasteiger partial charge in [0.2, 0.25) is 0 Å². The van der Waals surface area contributed by atoms with Crippen LogP contribution in [0.2, 0.25) is 0 Å². The summed E-state index contributed by atoms with van der Waals surface area (Å²) < 4.78 is 5.52. The van der Waals surface area contributed by atoms with E-state index in [4.69, 9.17) is 4.74 Å². The smallest absolute Gasteiger partial charge is 0.147 e. The van der Waals surface area contributed by atoms with E-state index >= 15 is 0 Å². The molecular weight excluding hydrogens is 232 g/mol. The zero-order chi connectivity index (χ0) is 11.9. The van der Waals surface area contributed by atoms with Gasteiger partial charge in [0, 0.05) is 18.8 Å².